The van der Waals surface area contributed by atoms with Gasteiger partial charge in [-0.25, -0.2) is 4.79 Å². The van der Waals surface area contributed by atoms with Crippen molar-refractivity contribution in [1.82, 2.24) is 9.88 Å². The molecule has 1 aliphatic heterocycles. The Labute approximate surface area is 178 Å². The number of carbonyl (C=O) groups is 1. The van der Waals surface area contributed by atoms with Gasteiger partial charge < -0.3 is 14.5 Å². The minimum absolute atomic E-state index is 0.0966. The Kier molecular flexibility index (Phi) is 8.50. The molecule has 7 heteroatoms. The molecule has 7 nitrogen and oxygen atoms in total. The Morgan fingerprint density at radius 1 is 1.03 bits per heavy atom. The molecule has 2 heterocycles. The monoisotopic (exact) mass is 410 g/mol. The molecule has 0 spiro atoms. The Morgan fingerprint density at radius 2 is 1.80 bits per heavy atom. The molecule has 1 aliphatic rings. The third-order valence-electron chi connectivity index (χ3n) is 4.95. The van der Waals surface area contributed by atoms with Crippen LogP contribution in [0.2, 0.25) is 0 Å². The van der Waals surface area contributed by atoms with E-state index in [2.05, 4.69) is 10.1 Å². The largest absolute Gasteiger partial charge is 0.494 e. The van der Waals surface area contributed by atoms with Gasteiger partial charge in [-0.1, -0.05) is 18.0 Å². The molecule has 1 aromatic heterocycles. The zero-order valence-corrected chi connectivity index (χ0v) is 17.6. The van der Waals surface area contributed by atoms with E-state index in [-0.39, 0.29) is 6.03 Å². The third kappa shape index (κ3) is 6.47. The highest BCUT2D eigenvalue weighted by Crippen LogP contribution is 2.19. The Bertz CT molecular complexity index is 796. The zero-order chi connectivity index (χ0) is 21.0. The number of oxime groups is 1. The fourth-order valence-corrected chi connectivity index (χ4v) is 3.32. The molecule has 0 bridgehead atoms. The molecule has 0 atom stereocenters. The van der Waals surface area contributed by atoms with Crippen molar-refractivity contribution in [2.45, 2.75) is 32.6 Å². The first-order chi connectivity index (χ1) is 14.8. The second-order valence-electron chi connectivity index (χ2n) is 7.11. The highest BCUT2D eigenvalue weighted by Gasteiger charge is 2.28. The van der Waals surface area contributed by atoms with Crippen molar-refractivity contribution in [3.63, 3.8) is 0 Å². The van der Waals surface area contributed by atoms with Gasteiger partial charge in [0.1, 0.15) is 12.4 Å². The second-order valence-corrected chi connectivity index (χ2v) is 7.11. The van der Waals surface area contributed by atoms with Crippen LogP contribution >= 0.6 is 0 Å². The normalized spacial score (nSPS) is 14.0. The van der Waals surface area contributed by atoms with E-state index in [1.807, 2.05) is 53.1 Å². The number of ether oxygens (including phenoxy) is 1. The van der Waals surface area contributed by atoms with Crippen LogP contribution in [0.15, 0.2) is 53.9 Å². The van der Waals surface area contributed by atoms with Crippen LogP contribution in [0.3, 0.4) is 0 Å². The van der Waals surface area contributed by atoms with Crippen molar-refractivity contribution < 1.29 is 14.4 Å². The summed E-state index contributed by atoms with van der Waals surface area (Å²) in [6, 6.07) is 11.7. The minimum Gasteiger partial charge on any atom is -0.494 e. The van der Waals surface area contributed by atoms with E-state index in [9.17, 15) is 4.79 Å². The van der Waals surface area contributed by atoms with E-state index >= 15 is 0 Å². The maximum absolute atomic E-state index is 12.5. The summed E-state index contributed by atoms with van der Waals surface area (Å²) in [4.78, 5) is 25.2. The van der Waals surface area contributed by atoms with Crippen molar-refractivity contribution in [3.8, 4) is 5.75 Å². The third-order valence-corrected chi connectivity index (χ3v) is 4.95. The van der Waals surface area contributed by atoms with E-state index in [4.69, 9.17) is 9.57 Å². The van der Waals surface area contributed by atoms with Crippen LogP contribution in [0.5, 0.6) is 5.75 Å². The van der Waals surface area contributed by atoms with Gasteiger partial charge in [0.15, 0.2) is 0 Å². The van der Waals surface area contributed by atoms with Crippen LogP contribution < -0.4 is 9.64 Å². The molecule has 1 fully saturated rings. The maximum atomic E-state index is 12.5. The summed E-state index contributed by atoms with van der Waals surface area (Å²) in [6.45, 7) is 5.51. The number of unbranched alkanes of at least 4 members (excludes halogenated alkanes) is 3. The minimum atomic E-state index is 0.0966. The summed E-state index contributed by atoms with van der Waals surface area (Å²) in [5, 5.41) is 3.85. The molecule has 0 aliphatic carbocycles. The van der Waals surface area contributed by atoms with E-state index < -0.39 is 0 Å². The van der Waals surface area contributed by atoms with Gasteiger partial charge in [0.2, 0.25) is 0 Å². The zero-order valence-electron chi connectivity index (χ0n) is 17.6. The molecular weight excluding hydrogens is 380 g/mol. The van der Waals surface area contributed by atoms with E-state index in [0.29, 0.717) is 13.2 Å². The molecule has 1 aromatic carbocycles. The predicted octanol–water partition coefficient (Wildman–Crippen LogP) is 4.33. The fraction of sp³-hybridized carbons (Fsp3) is 0.435. The van der Waals surface area contributed by atoms with Crippen LogP contribution in [0.25, 0.3) is 0 Å². The number of anilines is 1. The van der Waals surface area contributed by atoms with Gasteiger partial charge >= 0.3 is 6.03 Å². The van der Waals surface area contributed by atoms with Gasteiger partial charge in [0.05, 0.1) is 12.8 Å². The van der Waals surface area contributed by atoms with E-state index in [1.165, 1.54) is 0 Å². The first-order valence-corrected chi connectivity index (χ1v) is 10.6. The number of rotatable bonds is 12. The molecule has 160 valence electrons. The summed E-state index contributed by atoms with van der Waals surface area (Å²) in [5.41, 5.74) is 1.90. The van der Waals surface area contributed by atoms with Crippen LogP contribution in [0.4, 0.5) is 10.5 Å². The van der Waals surface area contributed by atoms with Crippen LogP contribution in [-0.4, -0.2) is 55.0 Å². The molecule has 0 saturated carbocycles. The number of hydrogen-bond donors (Lipinski definition) is 0. The number of urea groups is 1. The average Bonchev–Trinajstić information content (AvgIpc) is 3.15. The van der Waals surface area contributed by atoms with Crippen LogP contribution in [-0.2, 0) is 4.84 Å². The van der Waals surface area contributed by atoms with Gasteiger partial charge in [0.25, 0.3) is 0 Å². The van der Waals surface area contributed by atoms with Crippen molar-refractivity contribution in [2.24, 2.45) is 5.16 Å². The molecular formula is C23H30N4O3. The van der Waals surface area contributed by atoms with Crippen LogP contribution in [0.1, 0.15) is 38.2 Å². The number of aromatic nitrogens is 1. The Hall–Kier alpha value is -3.09. The molecule has 2 amide bonds. The first-order valence-electron chi connectivity index (χ1n) is 10.6. The first kappa shape index (κ1) is 21.6. The fourth-order valence-electron chi connectivity index (χ4n) is 3.32. The molecule has 0 N–H and O–H groups in total. The smallest absolute Gasteiger partial charge is 0.324 e. The lowest BCUT2D eigenvalue weighted by Gasteiger charge is -2.18. The lowest BCUT2D eigenvalue weighted by molar-refractivity contribution is 0.160. The number of nitrogens with zero attached hydrogens (tertiary/aromatic N) is 4. The van der Waals surface area contributed by atoms with Crippen molar-refractivity contribution in [3.05, 3.63) is 54.4 Å². The Morgan fingerprint density at radius 3 is 2.57 bits per heavy atom. The maximum Gasteiger partial charge on any atom is 0.324 e. The highest BCUT2D eigenvalue weighted by atomic mass is 16.6. The lowest BCUT2D eigenvalue weighted by Crippen LogP contribution is -2.32. The standard InChI is InChI=1S/C23H30N4O3/c1-2-30-25-19-20-7-9-22(10-8-20)29-18-6-4-3-5-15-26-16-17-27(23(26)28)21-11-13-24-14-12-21/h7-14,19H,2-6,15-18H2,1H3/b25-19+. The molecule has 1 saturated heterocycles. The predicted molar refractivity (Wildman–Crippen MR) is 118 cm³/mol. The van der Waals surface area contributed by atoms with Crippen molar-refractivity contribution >= 4 is 17.9 Å². The van der Waals surface area contributed by atoms with E-state index in [1.54, 1.807) is 18.6 Å². The van der Waals surface area contributed by atoms with Gasteiger partial charge in [-0.15, -0.1) is 0 Å². The summed E-state index contributed by atoms with van der Waals surface area (Å²) in [5.74, 6) is 0.863. The number of pyridine rings is 1. The molecule has 30 heavy (non-hydrogen) atoms. The van der Waals surface area contributed by atoms with Gasteiger partial charge in [-0.3, -0.25) is 9.88 Å². The van der Waals surface area contributed by atoms with Crippen molar-refractivity contribution in [1.29, 1.82) is 0 Å². The molecule has 2 aromatic rings. The lowest BCUT2D eigenvalue weighted by atomic mass is 10.2. The summed E-state index contributed by atoms with van der Waals surface area (Å²) >= 11 is 0. The van der Waals surface area contributed by atoms with Crippen molar-refractivity contribution in [2.75, 3.05) is 37.7 Å². The highest BCUT2D eigenvalue weighted by molar-refractivity contribution is 5.94. The number of amides is 2. The van der Waals surface area contributed by atoms with Gasteiger partial charge in [-0.05, 0) is 61.7 Å². The molecule has 0 unspecified atom stereocenters. The number of benzene rings is 1. The average molecular weight is 411 g/mol. The second kappa shape index (κ2) is 11.8. The molecule has 3 rings (SSSR count). The van der Waals surface area contributed by atoms with E-state index in [0.717, 1.165) is 62.3 Å². The summed E-state index contributed by atoms with van der Waals surface area (Å²) in [7, 11) is 0. The number of hydrogen-bond acceptors (Lipinski definition) is 5. The summed E-state index contributed by atoms with van der Waals surface area (Å²) in [6.07, 6.45) is 9.34. The summed E-state index contributed by atoms with van der Waals surface area (Å²) < 4.78 is 5.79. The van der Waals surface area contributed by atoms with Crippen LogP contribution in [0, 0.1) is 0 Å². The Balaban J connectivity index is 1.26. The number of carbonyl (C=O) groups excluding carboxylic acids is 1. The topological polar surface area (TPSA) is 67.3 Å². The van der Waals surface area contributed by atoms with Gasteiger partial charge in [0, 0.05) is 37.7 Å². The van der Waals surface area contributed by atoms with Gasteiger partial charge in [-0.2, -0.15) is 0 Å². The molecule has 0 radical (unpaired) electrons. The SMILES string of the molecule is CCO/N=C/c1ccc(OCCCCCCN2CCN(c3ccncc3)C2=O)cc1. The quantitative estimate of drug-likeness (QED) is 0.297.